The largest absolute Gasteiger partial charge is 0.481 e. The van der Waals surface area contributed by atoms with Crippen LogP contribution in [0.3, 0.4) is 0 Å². The third kappa shape index (κ3) is 23.8. The van der Waals surface area contributed by atoms with Crippen molar-refractivity contribution in [3.63, 3.8) is 0 Å². The van der Waals surface area contributed by atoms with Crippen molar-refractivity contribution in [1.29, 1.82) is 0 Å². The number of carbonyl (C=O) groups excluding carboxylic acids is 10. The van der Waals surface area contributed by atoms with E-state index >= 15 is 0 Å². The SMILES string of the molecule is CC(=O)OC[C@H]1O[C@H](CC[C@H](NC(=O)OC(C)(C)C)C(=O)N[C@@H](Cc2ccccc2)C(=O)N[C@@H](CO)C(=O)N[C@@H](CC(=O)O)C(=O)N[C@H](C(=O)N[C@@H](CCCCN)C(=O)O)C(C)C)[C@@H](OC(C)=O)[C@@H](OC(C)=O)[C@@H]1OC(C)=O. The van der Waals surface area contributed by atoms with E-state index in [9.17, 15) is 72.9 Å². The number of carbonyl (C=O) groups is 12. The van der Waals surface area contributed by atoms with Crippen molar-refractivity contribution >= 4 is 71.4 Å². The van der Waals surface area contributed by atoms with Crippen LogP contribution in [0, 0.1) is 5.92 Å². The number of nitrogens with one attached hydrogen (secondary N) is 6. The summed E-state index contributed by atoms with van der Waals surface area (Å²) in [6.45, 7) is 10.4. The van der Waals surface area contributed by atoms with Crippen LogP contribution >= 0.6 is 0 Å². The van der Waals surface area contributed by atoms with Gasteiger partial charge >= 0.3 is 41.9 Å². The number of aliphatic carboxylic acids is 2. The normalized spacial score (nSPS) is 19.3. The van der Waals surface area contributed by atoms with Gasteiger partial charge in [0.05, 0.1) is 19.1 Å². The summed E-state index contributed by atoms with van der Waals surface area (Å²) in [7, 11) is 0. The van der Waals surface area contributed by atoms with E-state index in [-0.39, 0.29) is 25.8 Å². The van der Waals surface area contributed by atoms with Gasteiger partial charge in [-0.1, -0.05) is 44.2 Å². The average Bonchev–Trinajstić information content (AvgIpc) is 3.32. The molecule has 1 aromatic rings. The number of esters is 4. The molecule has 2 rings (SSSR count). The molecule has 11 N–H and O–H groups in total. The molecule has 436 valence electrons. The van der Waals surface area contributed by atoms with Crippen molar-refractivity contribution in [2.75, 3.05) is 19.8 Å². The van der Waals surface area contributed by atoms with Gasteiger partial charge in [0.15, 0.2) is 18.3 Å². The van der Waals surface area contributed by atoms with E-state index in [4.69, 9.17) is 34.2 Å². The van der Waals surface area contributed by atoms with E-state index in [2.05, 4.69) is 31.9 Å². The van der Waals surface area contributed by atoms with Crippen LogP contribution in [-0.4, -0.2) is 179 Å². The summed E-state index contributed by atoms with van der Waals surface area (Å²) in [5.74, 6) is -12.7. The minimum atomic E-state index is -1.93. The number of amides is 6. The molecule has 28 nitrogen and oxygen atoms in total. The molecule has 0 saturated carbocycles. The molecule has 1 fully saturated rings. The quantitative estimate of drug-likeness (QED) is 0.0245. The molecule has 1 saturated heterocycles. The Kier molecular flexibility index (Phi) is 27.6. The summed E-state index contributed by atoms with van der Waals surface area (Å²) in [6.07, 6.45) is -9.73. The van der Waals surface area contributed by atoms with Crippen LogP contribution < -0.4 is 37.6 Å². The van der Waals surface area contributed by atoms with Gasteiger partial charge in [0.1, 0.15) is 54.6 Å². The molecule has 0 aliphatic carbocycles. The fourth-order valence-electron chi connectivity index (χ4n) is 7.85. The van der Waals surface area contributed by atoms with Crippen LogP contribution in [0.25, 0.3) is 0 Å². The zero-order chi connectivity index (χ0) is 59.0. The first-order chi connectivity index (χ1) is 36.5. The predicted octanol–water partition coefficient (Wildman–Crippen LogP) is -1.21. The van der Waals surface area contributed by atoms with Gasteiger partial charge < -0.3 is 81.4 Å². The fourth-order valence-corrected chi connectivity index (χ4v) is 7.85. The van der Waals surface area contributed by atoms with E-state index in [1.807, 2.05) is 0 Å². The van der Waals surface area contributed by atoms with Gasteiger partial charge in [-0.3, -0.25) is 47.9 Å². The highest BCUT2D eigenvalue weighted by molar-refractivity contribution is 5.98. The Balaban J connectivity index is 2.55. The second-order valence-electron chi connectivity index (χ2n) is 19.6. The van der Waals surface area contributed by atoms with Crippen molar-refractivity contribution in [3.05, 3.63) is 35.9 Å². The second-order valence-corrected chi connectivity index (χ2v) is 19.6. The van der Waals surface area contributed by atoms with Crippen molar-refractivity contribution in [2.45, 2.75) is 180 Å². The van der Waals surface area contributed by atoms with E-state index in [1.165, 1.54) is 34.6 Å². The van der Waals surface area contributed by atoms with E-state index in [0.717, 1.165) is 27.7 Å². The second kappa shape index (κ2) is 32.3. The Hall–Kier alpha value is -7.46. The number of alkyl carbamates (subject to hydrolysis) is 1. The summed E-state index contributed by atoms with van der Waals surface area (Å²) < 4.78 is 33.2. The van der Waals surface area contributed by atoms with Crippen molar-refractivity contribution in [3.8, 4) is 0 Å². The number of carboxylic acid groups (broad SMARTS) is 2. The maximum atomic E-state index is 14.5. The van der Waals surface area contributed by atoms with Crippen LogP contribution in [0.1, 0.15) is 106 Å². The number of hydrogen-bond acceptors (Lipinski definition) is 20. The summed E-state index contributed by atoms with van der Waals surface area (Å²) in [5.41, 5.74) is 4.84. The molecular formula is C50H75N7O21. The monoisotopic (exact) mass is 1110 g/mol. The summed E-state index contributed by atoms with van der Waals surface area (Å²) in [5, 5.41) is 43.9. The zero-order valence-electron chi connectivity index (χ0n) is 45.2. The lowest BCUT2D eigenvalue weighted by molar-refractivity contribution is -0.253. The topological polar surface area (TPSA) is 419 Å². The van der Waals surface area contributed by atoms with E-state index < -0.39 is 176 Å². The van der Waals surface area contributed by atoms with Crippen LogP contribution in [0.4, 0.5) is 4.79 Å². The molecule has 28 heteroatoms. The van der Waals surface area contributed by atoms with Crippen molar-refractivity contribution < 1.29 is 101 Å². The van der Waals surface area contributed by atoms with Crippen LogP contribution in [0.5, 0.6) is 0 Å². The highest BCUT2D eigenvalue weighted by Gasteiger charge is 2.52. The number of benzene rings is 1. The molecule has 1 heterocycles. The van der Waals surface area contributed by atoms with Gasteiger partial charge in [-0.15, -0.1) is 0 Å². The third-order valence-electron chi connectivity index (χ3n) is 11.4. The Bertz CT molecular complexity index is 2260. The maximum Gasteiger partial charge on any atom is 0.408 e. The standard InChI is InChI=1S/C50H75N7O21/c1-25(2)39(47(69)52-32(48(70)71)17-13-14-20-51)57-45(67)34(22-38(63)64)54-46(68)35(23-58)55-44(66)33(21-30-15-11-10-12-16-30)53-43(65)31(56-49(72)78-50(7,8)9)18-19-36-40(74-27(4)60)42(76-29(6)62)41(75-28(5)61)37(77-36)24-73-26(3)59/h10-12,15-16,25,31-37,39-42,58H,13-14,17-24,51H2,1-9H3,(H,52,69)(H,53,65)(H,54,68)(H,55,66)(H,56,72)(H,57,67)(H,63,64)(H,70,71)/t31-,32-,33-,34-,35-,36+,37+,39-,40+,41+,42+/m0/s1. The average molecular weight is 1110 g/mol. The molecule has 11 atom stereocenters. The highest BCUT2D eigenvalue weighted by atomic mass is 16.7. The number of carboxylic acids is 2. The van der Waals surface area contributed by atoms with Gasteiger partial charge in [0, 0.05) is 34.1 Å². The lowest BCUT2D eigenvalue weighted by Crippen LogP contribution is -2.62. The zero-order valence-corrected chi connectivity index (χ0v) is 45.2. The van der Waals surface area contributed by atoms with Crippen LogP contribution in [0.2, 0.25) is 0 Å². The first kappa shape index (κ1) is 66.7. The highest BCUT2D eigenvalue weighted by Crippen LogP contribution is 2.32. The number of nitrogens with two attached hydrogens (primary N) is 1. The summed E-state index contributed by atoms with van der Waals surface area (Å²) in [6, 6.07) is -1.85. The van der Waals surface area contributed by atoms with E-state index in [0.29, 0.717) is 18.4 Å². The maximum absolute atomic E-state index is 14.5. The summed E-state index contributed by atoms with van der Waals surface area (Å²) in [4.78, 5) is 156. The lowest BCUT2D eigenvalue weighted by atomic mass is 9.90. The molecule has 0 spiro atoms. The molecule has 0 unspecified atom stereocenters. The van der Waals surface area contributed by atoms with Gasteiger partial charge in [0.25, 0.3) is 0 Å². The Morgan fingerprint density at radius 2 is 1.13 bits per heavy atom. The lowest BCUT2D eigenvalue weighted by Gasteiger charge is -2.44. The molecule has 78 heavy (non-hydrogen) atoms. The minimum absolute atomic E-state index is 0.0154. The summed E-state index contributed by atoms with van der Waals surface area (Å²) >= 11 is 0. The van der Waals surface area contributed by atoms with Gasteiger partial charge in [-0.25, -0.2) is 9.59 Å². The van der Waals surface area contributed by atoms with Crippen LogP contribution in [0.15, 0.2) is 30.3 Å². The first-order valence-electron chi connectivity index (χ1n) is 25.1. The molecule has 0 bridgehead atoms. The van der Waals surface area contributed by atoms with Gasteiger partial charge in [-0.2, -0.15) is 0 Å². The molecule has 0 radical (unpaired) electrons. The number of hydrogen-bond donors (Lipinski definition) is 10. The van der Waals surface area contributed by atoms with E-state index in [1.54, 1.807) is 30.3 Å². The Morgan fingerprint density at radius 3 is 1.64 bits per heavy atom. The number of unbranched alkanes of at least 4 members (excludes halogenated alkanes) is 1. The number of aliphatic hydroxyl groups is 1. The van der Waals surface area contributed by atoms with Gasteiger partial charge in [-0.05, 0) is 70.9 Å². The van der Waals surface area contributed by atoms with Crippen molar-refractivity contribution in [2.24, 2.45) is 11.7 Å². The predicted molar refractivity (Wildman–Crippen MR) is 269 cm³/mol. The van der Waals surface area contributed by atoms with Gasteiger partial charge in [0.2, 0.25) is 29.5 Å². The number of rotatable bonds is 30. The Morgan fingerprint density at radius 1 is 0.615 bits per heavy atom. The third-order valence-corrected chi connectivity index (χ3v) is 11.4. The smallest absolute Gasteiger partial charge is 0.408 e. The molecule has 1 aliphatic heterocycles. The molecule has 0 aromatic heterocycles. The minimum Gasteiger partial charge on any atom is -0.481 e. The molecule has 6 amide bonds. The molecule has 1 aromatic carbocycles. The Labute approximate surface area is 450 Å². The first-order valence-corrected chi connectivity index (χ1v) is 25.1. The molecule has 1 aliphatic rings. The number of aliphatic hydroxyl groups excluding tert-OH is 1. The number of ether oxygens (including phenoxy) is 6. The van der Waals surface area contributed by atoms with Crippen LogP contribution in [-0.2, 0) is 87.6 Å². The fraction of sp³-hybridized carbons (Fsp3) is 0.640. The van der Waals surface area contributed by atoms with Crippen molar-refractivity contribution in [1.82, 2.24) is 31.9 Å². The molecular weight excluding hydrogens is 1030 g/mol.